The van der Waals surface area contributed by atoms with Crippen LogP contribution in [0.15, 0.2) is 24.3 Å². The van der Waals surface area contributed by atoms with Crippen molar-refractivity contribution in [3.8, 4) is 0 Å². The number of para-hydroxylation sites is 1. The Balaban J connectivity index is 1.28. The van der Waals surface area contributed by atoms with Crippen molar-refractivity contribution < 1.29 is 9.59 Å². The Bertz CT molecular complexity index is 896. The molecule has 0 atom stereocenters. The second-order valence-corrected chi connectivity index (χ2v) is 8.31. The van der Waals surface area contributed by atoms with E-state index in [1.54, 1.807) is 0 Å². The summed E-state index contributed by atoms with van der Waals surface area (Å²) in [5, 5.41) is 1.23. The lowest BCUT2D eigenvalue weighted by atomic mass is 10.0. The van der Waals surface area contributed by atoms with E-state index >= 15 is 0 Å². The number of amides is 2. The Morgan fingerprint density at radius 1 is 0.967 bits per heavy atom. The van der Waals surface area contributed by atoms with Gasteiger partial charge >= 0.3 is 0 Å². The van der Waals surface area contributed by atoms with Gasteiger partial charge in [0.15, 0.2) is 0 Å². The highest BCUT2D eigenvalue weighted by Crippen LogP contribution is 2.27. The van der Waals surface area contributed by atoms with Crippen molar-refractivity contribution in [2.24, 2.45) is 0 Å². The number of nitrogens with zero attached hydrogens (tertiary/aromatic N) is 4. The third kappa shape index (κ3) is 4.37. The zero-order chi connectivity index (χ0) is 21.1. The summed E-state index contributed by atoms with van der Waals surface area (Å²) in [4.78, 5) is 37.1. The summed E-state index contributed by atoms with van der Waals surface area (Å²) in [6.45, 7) is 11.3. The number of likely N-dealkylation sites (N-methyl/N-ethyl adjacent to an activating group) is 1. The van der Waals surface area contributed by atoms with Crippen LogP contribution in [0.4, 0.5) is 0 Å². The van der Waals surface area contributed by atoms with Gasteiger partial charge in [-0.3, -0.25) is 19.4 Å². The maximum Gasteiger partial charge on any atom is 0.237 e. The third-order valence-corrected chi connectivity index (χ3v) is 6.53. The molecule has 0 aliphatic carbocycles. The average molecular weight is 412 g/mol. The molecule has 0 unspecified atom stereocenters. The largest absolute Gasteiger partial charge is 0.358 e. The lowest BCUT2D eigenvalue weighted by Crippen LogP contribution is -2.52. The number of hydrogen-bond donors (Lipinski definition) is 1. The van der Waals surface area contributed by atoms with Gasteiger partial charge in [0.05, 0.1) is 13.1 Å². The van der Waals surface area contributed by atoms with Crippen LogP contribution in [0.3, 0.4) is 0 Å². The van der Waals surface area contributed by atoms with Crippen LogP contribution in [0, 0.1) is 0 Å². The number of nitrogens with one attached hydrogen (secondary N) is 1. The summed E-state index contributed by atoms with van der Waals surface area (Å²) >= 11 is 0. The SMILES string of the molecule is CCN(CC)C(=O)CN1CCN(CC(=O)N2CCc3[nH]c4ccccc4c3C2)CC1. The first-order chi connectivity index (χ1) is 14.6. The zero-order valence-electron chi connectivity index (χ0n) is 18.2. The predicted molar refractivity (Wildman–Crippen MR) is 118 cm³/mol. The summed E-state index contributed by atoms with van der Waals surface area (Å²) < 4.78 is 0. The minimum Gasteiger partial charge on any atom is -0.358 e. The number of H-pyrrole nitrogens is 1. The summed E-state index contributed by atoms with van der Waals surface area (Å²) in [5.74, 6) is 0.408. The zero-order valence-corrected chi connectivity index (χ0v) is 18.2. The van der Waals surface area contributed by atoms with Crippen LogP contribution in [0.5, 0.6) is 0 Å². The van der Waals surface area contributed by atoms with Crippen molar-refractivity contribution in [2.45, 2.75) is 26.8 Å². The van der Waals surface area contributed by atoms with E-state index in [-0.39, 0.29) is 11.8 Å². The van der Waals surface area contributed by atoms with Crippen LogP contribution >= 0.6 is 0 Å². The third-order valence-electron chi connectivity index (χ3n) is 6.53. The Morgan fingerprint density at radius 3 is 2.33 bits per heavy atom. The molecule has 0 bridgehead atoms. The topological polar surface area (TPSA) is 62.9 Å². The van der Waals surface area contributed by atoms with E-state index < -0.39 is 0 Å². The fourth-order valence-electron chi connectivity index (χ4n) is 4.64. The van der Waals surface area contributed by atoms with E-state index in [0.29, 0.717) is 19.6 Å². The van der Waals surface area contributed by atoms with Crippen molar-refractivity contribution in [3.63, 3.8) is 0 Å². The van der Waals surface area contributed by atoms with Crippen molar-refractivity contribution in [1.29, 1.82) is 0 Å². The molecular weight excluding hydrogens is 378 g/mol. The Kier molecular flexibility index (Phi) is 6.39. The van der Waals surface area contributed by atoms with Gasteiger partial charge in [0.1, 0.15) is 0 Å². The summed E-state index contributed by atoms with van der Waals surface area (Å²) in [6.07, 6.45) is 0.886. The second-order valence-electron chi connectivity index (χ2n) is 8.31. The summed E-state index contributed by atoms with van der Waals surface area (Å²) in [7, 11) is 0. The Labute approximate surface area is 178 Å². The fourth-order valence-corrected chi connectivity index (χ4v) is 4.64. The van der Waals surface area contributed by atoms with Gasteiger partial charge in [-0.25, -0.2) is 0 Å². The molecule has 1 fully saturated rings. The van der Waals surface area contributed by atoms with E-state index in [4.69, 9.17) is 0 Å². The second kappa shape index (κ2) is 9.18. The molecule has 0 saturated carbocycles. The number of hydrogen-bond acceptors (Lipinski definition) is 4. The van der Waals surface area contributed by atoms with Gasteiger partial charge < -0.3 is 14.8 Å². The van der Waals surface area contributed by atoms with Crippen molar-refractivity contribution in [2.75, 3.05) is 58.9 Å². The van der Waals surface area contributed by atoms with Gasteiger partial charge in [0.2, 0.25) is 11.8 Å². The van der Waals surface area contributed by atoms with Crippen LogP contribution in [-0.4, -0.2) is 95.3 Å². The normalized spacial score (nSPS) is 17.9. The number of aromatic amines is 1. The van der Waals surface area contributed by atoms with Gasteiger partial charge in [-0.15, -0.1) is 0 Å². The number of fused-ring (bicyclic) bond motifs is 3. The van der Waals surface area contributed by atoms with Gasteiger partial charge in [-0.2, -0.15) is 0 Å². The van der Waals surface area contributed by atoms with E-state index in [1.807, 2.05) is 29.7 Å². The van der Waals surface area contributed by atoms with E-state index in [1.165, 1.54) is 16.6 Å². The molecule has 30 heavy (non-hydrogen) atoms. The molecule has 0 radical (unpaired) electrons. The number of piperazine rings is 1. The van der Waals surface area contributed by atoms with E-state index in [0.717, 1.165) is 57.8 Å². The minimum atomic E-state index is 0.201. The number of rotatable bonds is 6. The highest BCUT2D eigenvalue weighted by molar-refractivity contribution is 5.86. The van der Waals surface area contributed by atoms with Gasteiger partial charge in [-0.05, 0) is 19.9 Å². The number of carbonyl (C=O) groups is 2. The quantitative estimate of drug-likeness (QED) is 0.783. The van der Waals surface area contributed by atoms with Crippen LogP contribution < -0.4 is 0 Å². The molecule has 4 rings (SSSR count). The number of benzene rings is 1. The first kappa shape index (κ1) is 20.9. The summed E-state index contributed by atoms with van der Waals surface area (Å²) in [6, 6.07) is 8.34. The van der Waals surface area contributed by atoms with Crippen molar-refractivity contribution in [3.05, 3.63) is 35.5 Å². The lowest BCUT2D eigenvalue weighted by Gasteiger charge is -2.36. The van der Waals surface area contributed by atoms with E-state index in [9.17, 15) is 9.59 Å². The molecule has 3 heterocycles. The Morgan fingerprint density at radius 2 is 1.63 bits per heavy atom. The molecule has 1 aromatic heterocycles. The molecular formula is C23H33N5O2. The van der Waals surface area contributed by atoms with Gasteiger partial charge in [0.25, 0.3) is 0 Å². The van der Waals surface area contributed by atoms with Gasteiger partial charge in [0, 0.05) is 80.9 Å². The van der Waals surface area contributed by atoms with Crippen molar-refractivity contribution >= 4 is 22.7 Å². The lowest BCUT2D eigenvalue weighted by molar-refractivity contribution is -0.135. The number of aromatic nitrogens is 1. The molecule has 162 valence electrons. The fraction of sp³-hybridized carbons (Fsp3) is 0.565. The monoisotopic (exact) mass is 411 g/mol. The molecule has 2 aromatic rings. The van der Waals surface area contributed by atoms with E-state index in [2.05, 4.69) is 33.0 Å². The molecule has 2 aliphatic heterocycles. The highest BCUT2D eigenvalue weighted by Gasteiger charge is 2.27. The molecule has 1 aromatic carbocycles. The molecule has 1 saturated heterocycles. The smallest absolute Gasteiger partial charge is 0.237 e. The molecule has 7 nitrogen and oxygen atoms in total. The maximum atomic E-state index is 13.0. The first-order valence-electron chi connectivity index (χ1n) is 11.2. The van der Waals surface area contributed by atoms with Crippen molar-refractivity contribution in [1.82, 2.24) is 24.6 Å². The molecule has 2 aliphatic rings. The average Bonchev–Trinajstić information content (AvgIpc) is 3.14. The standard InChI is InChI=1S/C23H33N5O2/c1-3-27(4-2)22(29)16-25-11-13-26(14-12-25)17-23(30)28-10-9-21-19(15-28)18-7-5-6-8-20(18)24-21/h5-8,24H,3-4,9-17H2,1-2H3. The van der Waals surface area contributed by atoms with Gasteiger partial charge in [-0.1, -0.05) is 18.2 Å². The maximum absolute atomic E-state index is 13.0. The Hall–Kier alpha value is -2.38. The molecule has 2 amide bonds. The molecule has 1 N–H and O–H groups in total. The minimum absolute atomic E-state index is 0.201. The number of carbonyl (C=O) groups excluding carboxylic acids is 2. The highest BCUT2D eigenvalue weighted by atomic mass is 16.2. The van der Waals surface area contributed by atoms with Crippen LogP contribution in [-0.2, 0) is 22.6 Å². The van der Waals surface area contributed by atoms with Crippen LogP contribution in [0.25, 0.3) is 10.9 Å². The predicted octanol–water partition coefficient (Wildman–Crippen LogP) is 1.54. The first-order valence-corrected chi connectivity index (χ1v) is 11.2. The molecule has 7 heteroatoms. The van der Waals surface area contributed by atoms with Crippen LogP contribution in [0.2, 0.25) is 0 Å². The van der Waals surface area contributed by atoms with Crippen LogP contribution in [0.1, 0.15) is 25.1 Å². The molecule has 0 spiro atoms. The summed E-state index contributed by atoms with van der Waals surface area (Å²) in [5.41, 5.74) is 3.70.